The van der Waals surface area contributed by atoms with E-state index >= 15 is 0 Å². The topological polar surface area (TPSA) is 41.6 Å². The Bertz CT molecular complexity index is 723. The normalized spacial score (nSPS) is 15.4. The number of anilines is 2. The van der Waals surface area contributed by atoms with Crippen LogP contribution < -0.4 is 15.0 Å². The third-order valence-electron chi connectivity index (χ3n) is 4.11. The summed E-state index contributed by atoms with van der Waals surface area (Å²) in [5.74, 6) is 0.948. The SMILES string of the molecule is CCOc1ccc(CC(=O)N2CC(C)(C)Nc3ccccc32)cc1. The average molecular weight is 324 g/mol. The average Bonchev–Trinajstić information content (AvgIpc) is 2.55. The molecule has 2 aromatic rings. The van der Waals surface area contributed by atoms with E-state index in [2.05, 4.69) is 19.2 Å². The Labute approximate surface area is 143 Å². The molecule has 0 saturated carbocycles. The van der Waals surface area contributed by atoms with Gasteiger partial charge in [-0.3, -0.25) is 4.79 Å². The molecule has 0 spiro atoms. The number of para-hydroxylation sites is 2. The molecule has 0 fully saturated rings. The summed E-state index contributed by atoms with van der Waals surface area (Å²) in [6.45, 7) is 7.48. The molecule has 0 aromatic heterocycles. The van der Waals surface area contributed by atoms with Gasteiger partial charge in [0.1, 0.15) is 5.75 Å². The minimum Gasteiger partial charge on any atom is -0.494 e. The van der Waals surface area contributed by atoms with Crippen LogP contribution >= 0.6 is 0 Å². The summed E-state index contributed by atoms with van der Waals surface area (Å²) in [5, 5.41) is 3.50. The number of hydrogen-bond donors (Lipinski definition) is 1. The summed E-state index contributed by atoms with van der Waals surface area (Å²) < 4.78 is 5.45. The van der Waals surface area contributed by atoms with E-state index < -0.39 is 0 Å². The van der Waals surface area contributed by atoms with Crippen molar-refractivity contribution < 1.29 is 9.53 Å². The van der Waals surface area contributed by atoms with Gasteiger partial charge in [0.2, 0.25) is 5.91 Å². The molecule has 0 unspecified atom stereocenters. The van der Waals surface area contributed by atoms with Crippen molar-refractivity contribution in [2.24, 2.45) is 0 Å². The number of benzene rings is 2. The lowest BCUT2D eigenvalue weighted by Gasteiger charge is -2.41. The molecule has 1 heterocycles. The minimum absolute atomic E-state index is 0.112. The first kappa shape index (κ1) is 16.4. The maximum atomic E-state index is 12.9. The van der Waals surface area contributed by atoms with Gasteiger partial charge in [-0.15, -0.1) is 0 Å². The molecule has 0 saturated heterocycles. The van der Waals surface area contributed by atoms with Gasteiger partial charge in [-0.25, -0.2) is 0 Å². The van der Waals surface area contributed by atoms with Crippen LogP contribution in [0.4, 0.5) is 11.4 Å². The van der Waals surface area contributed by atoms with E-state index in [0.29, 0.717) is 19.6 Å². The quantitative estimate of drug-likeness (QED) is 0.928. The number of amides is 1. The van der Waals surface area contributed by atoms with Gasteiger partial charge in [-0.1, -0.05) is 24.3 Å². The molecule has 1 aliphatic heterocycles. The van der Waals surface area contributed by atoms with E-state index in [1.54, 1.807) is 0 Å². The second-order valence-corrected chi connectivity index (χ2v) is 6.76. The Morgan fingerprint density at radius 1 is 1.17 bits per heavy atom. The van der Waals surface area contributed by atoms with E-state index in [4.69, 9.17) is 4.74 Å². The molecule has 0 aliphatic carbocycles. The summed E-state index contributed by atoms with van der Waals surface area (Å²) in [6, 6.07) is 15.7. The molecule has 126 valence electrons. The first-order valence-electron chi connectivity index (χ1n) is 8.38. The number of carbonyl (C=O) groups excluding carboxylic acids is 1. The maximum Gasteiger partial charge on any atom is 0.231 e. The van der Waals surface area contributed by atoms with Crippen molar-refractivity contribution in [3.8, 4) is 5.75 Å². The molecule has 0 bridgehead atoms. The lowest BCUT2D eigenvalue weighted by Crippen LogP contribution is -2.51. The highest BCUT2D eigenvalue weighted by Gasteiger charge is 2.32. The lowest BCUT2D eigenvalue weighted by molar-refractivity contribution is -0.118. The molecule has 4 heteroatoms. The molecule has 1 amide bonds. The number of nitrogens with zero attached hydrogens (tertiary/aromatic N) is 1. The molecule has 1 aliphatic rings. The molecule has 3 rings (SSSR count). The fourth-order valence-electron chi connectivity index (χ4n) is 3.06. The Morgan fingerprint density at radius 3 is 2.58 bits per heavy atom. The van der Waals surface area contributed by atoms with Gasteiger partial charge in [0.25, 0.3) is 0 Å². The predicted molar refractivity (Wildman–Crippen MR) is 97.8 cm³/mol. The summed E-state index contributed by atoms with van der Waals surface area (Å²) >= 11 is 0. The Hall–Kier alpha value is -2.49. The fraction of sp³-hybridized carbons (Fsp3) is 0.350. The van der Waals surface area contributed by atoms with Crippen molar-refractivity contribution in [1.82, 2.24) is 0 Å². The maximum absolute atomic E-state index is 12.9. The summed E-state index contributed by atoms with van der Waals surface area (Å²) in [7, 11) is 0. The van der Waals surface area contributed by atoms with Crippen LogP contribution in [0, 0.1) is 0 Å². The van der Waals surface area contributed by atoms with Crippen molar-refractivity contribution in [2.75, 3.05) is 23.4 Å². The first-order valence-corrected chi connectivity index (χ1v) is 8.38. The number of rotatable bonds is 4. The van der Waals surface area contributed by atoms with Gasteiger partial charge in [0, 0.05) is 12.1 Å². The van der Waals surface area contributed by atoms with Crippen LogP contribution in [0.3, 0.4) is 0 Å². The standard InChI is InChI=1S/C20H24N2O2/c1-4-24-16-11-9-15(10-12-16)13-19(23)22-14-20(2,3)21-17-7-5-6-8-18(17)22/h5-12,21H,4,13-14H2,1-3H3. The number of nitrogens with one attached hydrogen (secondary N) is 1. The third-order valence-corrected chi connectivity index (χ3v) is 4.11. The van der Waals surface area contributed by atoms with Crippen LogP contribution in [0.2, 0.25) is 0 Å². The number of ether oxygens (including phenoxy) is 1. The molecule has 24 heavy (non-hydrogen) atoms. The summed E-state index contributed by atoms with van der Waals surface area (Å²) in [4.78, 5) is 14.8. The highest BCUT2D eigenvalue weighted by Crippen LogP contribution is 2.34. The third kappa shape index (κ3) is 3.53. The summed E-state index contributed by atoms with van der Waals surface area (Å²) in [6.07, 6.45) is 0.386. The smallest absolute Gasteiger partial charge is 0.231 e. The highest BCUT2D eigenvalue weighted by molar-refractivity contribution is 5.99. The van der Waals surface area contributed by atoms with Crippen molar-refractivity contribution in [2.45, 2.75) is 32.7 Å². The largest absolute Gasteiger partial charge is 0.494 e. The van der Waals surface area contributed by atoms with Gasteiger partial charge >= 0.3 is 0 Å². The number of hydrogen-bond acceptors (Lipinski definition) is 3. The number of carbonyl (C=O) groups is 1. The zero-order valence-corrected chi connectivity index (χ0v) is 14.5. The Morgan fingerprint density at radius 2 is 1.88 bits per heavy atom. The fourth-order valence-corrected chi connectivity index (χ4v) is 3.06. The van der Waals surface area contributed by atoms with Crippen molar-refractivity contribution in [3.05, 3.63) is 54.1 Å². The van der Waals surface area contributed by atoms with Crippen LogP contribution in [-0.2, 0) is 11.2 Å². The molecule has 1 N–H and O–H groups in total. The monoisotopic (exact) mass is 324 g/mol. The summed E-state index contributed by atoms with van der Waals surface area (Å²) in [5.41, 5.74) is 2.81. The van der Waals surface area contributed by atoms with Crippen molar-refractivity contribution >= 4 is 17.3 Å². The first-order chi connectivity index (χ1) is 11.5. The molecule has 0 atom stereocenters. The Balaban J connectivity index is 1.79. The second-order valence-electron chi connectivity index (χ2n) is 6.76. The van der Waals surface area contributed by atoms with Gasteiger partial charge in [-0.05, 0) is 50.6 Å². The molecule has 2 aromatic carbocycles. The van der Waals surface area contributed by atoms with E-state index in [-0.39, 0.29) is 11.4 Å². The molecule has 4 nitrogen and oxygen atoms in total. The van der Waals surface area contributed by atoms with Crippen LogP contribution in [-0.4, -0.2) is 24.6 Å². The molecular weight excluding hydrogens is 300 g/mol. The van der Waals surface area contributed by atoms with Crippen LogP contribution in [0.5, 0.6) is 5.75 Å². The van der Waals surface area contributed by atoms with Crippen LogP contribution in [0.1, 0.15) is 26.3 Å². The lowest BCUT2D eigenvalue weighted by atomic mass is 9.98. The van der Waals surface area contributed by atoms with Gasteiger partial charge in [-0.2, -0.15) is 0 Å². The van der Waals surface area contributed by atoms with E-state index in [1.807, 2.05) is 60.4 Å². The number of fused-ring (bicyclic) bond motifs is 1. The van der Waals surface area contributed by atoms with E-state index in [9.17, 15) is 4.79 Å². The van der Waals surface area contributed by atoms with E-state index in [1.165, 1.54) is 0 Å². The van der Waals surface area contributed by atoms with Crippen molar-refractivity contribution in [3.63, 3.8) is 0 Å². The van der Waals surface area contributed by atoms with E-state index in [0.717, 1.165) is 22.7 Å². The predicted octanol–water partition coefficient (Wildman–Crippen LogP) is 3.87. The van der Waals surface area contributed by atoms with Crippen LogP contribution in [0.25, 0.3) is 0 Å². The molecular formula is C20H24N2O2. The van der Waals surface area contributed by atoms with Gasteiger partial charge in [0.05, 0.1) is 24.4 Å². The van der Waals surface area contributed by atoms with Gasteiger partial charge < -0.3 is 15.0 Å². The van der Waals surface area contributed by atoms with Gasteiger partial charge in [0.15, 0.2) is 0 Å². The highest BCUT2D eigenvalue weighted by atomic mass is 16.5. The second kappa shape index (κ2) is 6.56. The zero-order chi connectivity index (χ0) is 17.2. The van der Waals surface area contributed by atoms with Crippen LogP contribution in [0.15, 0.2) is 48.5 Å². The molecule has 0 radical (unpaired) electrons. The zero-order valence-electron chi connectivity index (χ0n) is 14.5. The van der Waals surface area contributed by atoms with Crippen molar-refractivity contribution in [1.29, 1.82) is 0 Å². The minimum atomic E-state index is -0.150. The Kier molecular flexibility index (Phi) is 4.47.